The summed E-state index contributed by atoms with van der Waals surface area (Å²) in [5.41, 5.74) is 0. The molecule has 5 heteroatoms. The molecule has 3 nitrogen and oxygen atoms in total. The Morgan fingerprint density at radius 3 is 2.27 bits per heavy atom. The van der Waals surface area contributed by atoms with Crippen LogP contribution >= 0.6 is 22.6 Å². The fourth-order valence-electron chi connectivity index (χ4n) is 0.328. The SMILES string of the molecule is CC(I)/[C]([Y])=N\N(N)C(C)C. The molecule has 0 aliphatic carbocycles. The molecule has 0 saturated heterocycles. The molecule has 1 unspecified atom stereocenters. The summed E-state index contributed by atoms with van der Waals surface area (Å²) in [5.74, 6) is 5.62. The summed E-state index contributed by atoms with van der Waals surface area (Å²) in [7, 11) is 0. The minimum atomic E-state index is 0.285. The Bertz CT molecular complexity index is 147. The number of hydrogen-bond donors (Lipinski definition) is 1. The molecule has 0 aromatic rings. The molecule has 0 fully saturated rings. The average Bonchev–Trinajstić information content (AvgIpc) is 1.87. The van der Waals surface area contributed by atoms with Gasteiger partial charge < -0.3 is 0 Å². The molecule has 0 aromatic heterocycles. The zero-order chi connectivity index (χ0) is 9.02. The van der Waals surface area contributed by atoms with E-state index in [1.165, 1.54) is 7.64 Å². The Labute approximate surface area is 102 Å². The second-order valence-corrected chi connectivity index (χ2v) is 5.94. The maximum atomic E-state index is 5.62. The average molecular weight is 343 g/mol. The fraction of sp³-hybridized carbons (Fsp3) is 0.833. The van der Waals surface area contributed by atoms with Crippen LogP contribution in [0.25, 0.3) is 0 Å². The molecule has 0 saturated carbocycles. The van der Waals surface area contributed by atoms with Gasteiger partial charge in [0.15, 0.2) is 0 Å². The van der Waals surface area contributed by atoms with Crippen molar-refractivity contribution < 1.29 is 31.0 Å². The first kappa shape index (κ1) is 12.3. The van der Waals surface area contributed by atoms with Gasteiger partial charge in [-0.3, -0.25) is 0 Å². The molecule has 0 heterocycles. The quantitative estimate of drug-likeness (QED) is 0.276. The van der Waals surface area contributed by atoms with E-state index >= 15 is 0 Å². The van der Waals surface area contributed by atoms with Gasteiger partial charge >= 0.3 is 103 Å². The maximum absolute atomic E-state index is 5.62. The number of halogens is 1. The van der Waals surface area contributed by atoms with Gasteiger partial charge in [0.1, 0.15) is 0 Å². The van der Waals surface area contributed by atoms with E-state index in [0.717, 1.165) is 31.0 Å². The zero-order valence-electron chi connectivity index (χ0n) is 7.08. The summed E-state index contributed by atoms with van der Waals surface area (Å²) < 4.78 is 1.69. The van der Waals surface area contributed by atoms with E-state index < -0.39 is 0 Å². The molecule has 0 aliphatic heterocycles. The molecule has 0 amide bonds. The number of rotatable bonds is 3. The van der Waals surface area contributed by atoms with E-state index in [9.17, 15) is 0 Å². The van der Waals surface area contributed by atoms with Crippen molar-refractivity contribution in [1.82, 2.24) is 5.12 Å². The van der Waals surface area contributed by atoms with E-state index in [-0.39, 0.29) is 6.04 Å². The summed E-state index contributed by atoms with van der Waals surface area (Å²) >= 11 is 3.40. The van der Waals surface area contributed by atoms with Gasteiger partial charge in [0.05, 0.1) is 0 Å². The minimum absolute atomic E-state index is 0.285. The predicted molar refractivity (Wildman–Crippen MR) is 52.1 cm³/mol. The van der Waals surface area contributed by atoms with Crippen LogP contribution in [0.2, 0.25) is 0 Å². The van der Waals surface area contributed by atoms with Crippen LogP contribution in [-0.2, 0) is 31.0 Å². The predicted octanol–water partition coefficient (Wildman–Crippen LogP) is 1.25. The topological polar surface area (TPSA) is 41.6 Å². The molecule has 0 bridgehead atoms. The Morgan fingerprint density at radius 2 is 2.00 bits per heavy atom. The number of hydrazine groups is 1. The number of alkyl halides is 1. The van der Waals surface area contributed by atoms with Crippen molar-refractivity contribution in [2.75, 3.05) is 0 Å². The molecule has 1 atom stereocenters. The summed E-state index contributed by atoms with van der Waals surface area (Å²) in [6.07, 6.45) is 0. The van der Waals surface area contributed by atoms with Crippen LogP contribution < -0.4 is 5.84 Å². The van der Waals surface area contributed by atoms with Crippen LogP contribution in [0.4, 0.5) is 0 Å². The second-order valence-electron chi connectivity index (χ2n) is 2.61. The first-order valence-electron chi connectivity index (χ1n) is 3.47. The normalized spacial score (nSPS) is 15.2. The number of hydrazone groups is 1. The molecule has 0 aliphatic rings. The van der Waals surface area contributed by atoms with Crippen molar-refractivity contribution in [2.45, 2.75) is 30.7 Å². The van der Waals surface area contributed by atoms with Crippen LogP contribution in [0.15, 0.2) is 5.10 Å². The Morgan fingerprint density at radius 1 is 1.55 bits per heavy atom. The van der Waals surface area contributed by atoms with E-state index in [0.29, 0.717) is 3.92 Å². The van der Waals surface area contributed by atoms with Crippen LogP contribution in [0.3, 0.4) is 0 Å². The Hall–Kier alpha value is 1.26. The third-order valence-corrected chi connectivity index (χ3v) is 4.99. The van der Waals surface area contributed by atoms with E-state index in [1.54, 1.807) is 0 Å². The van der Waals surface area contributed by atoms with Gasteiger partial charge in [-0.05, 0) is 0 Å². The Balaban J connectivity index is 4.07. The van der Waals surface area contributed by atoms with Gasteiger partial charge in [-0.15, -0.1) is 0 Å². The number of nitrogens with two attached hydrogens (primary N) is 1. The van der Waals surface area contributed by atoms with Crippen LogP contribution in [0, 0.1) is 0 Å². The fourth-order valence-corrected chi connectivity index (χ4v) is 0.781. The van der Waals surface area contributed by atoms with Gasteiger partial charge in [-0.1, -0.05) is 0 Å². The molecule has 0 radical (unpaired) electrons. The first-order valence-corrected chi connectivity index (χ1v) is 6.13. The van der Waals surface area contributed by atoms with Gasteiger partial charge in [-0.2, -0.15) is 0 Å². The summed E-state index contributed by atoms with van der Waals surface area (Å²) in [4.78, 5) is 0. The van der Waals surface area contributed by atoms with Gasteiger partial charge in [0.25, 0.3) is 0 Å². The first-order chi connectivity index (χ1) is 4.95. The zero-order valence-corrected chi connectivity index (χ0v) is 12.1. The standard InChI is InChI=1S/C6H13IN3.Y/c1-5(2)10(8)9-4-6(3)7;/h5-6H,8H2,1-3H3;. The molecule has 0 rings (SSSR count). The van der Waals surface area contributed by atoms with Crippen LogP contribution in [-0.4, -0.2) is 17.6 Å². The van der Waals surface area contributed by atoms with Gasteiger partial charge in [-0.25, -0.2) is 0 Å². The van der Waals surface area contributed by atoms with Crippen molar-refractivity contribution in [1.29, 1.82) is 0 Å². The molecule has 2 N–H and O–H groups in total. The third kappa shape index (κ3) is 5.49. The van der Waals surface area contributed by atoms with E-state index in [1.807, 2.05) is 13.8 Å². The van der Waals surface area contributed by atoms with Crippen LogP contribution in [0.1, 0.15) is 20.8 Å². The van der Waals surface area contributed by atoms with E-state index in [4.69, 9.17) is 5.84 Å². The van der Waals surface area contributed by atoms with Crippen molar-refractivity contribution >= 4 is 25.1 Å². The van der Waals surface area contributed by atoms with Gasteiger partial charge in [0, 0.05) is 0 Å². The van der Waals surface area contributed by atoms with Crippen molar-refractivity contribution in [2.24, 2.45) is 10.9 Å². The number of nitrogens with zero attached hydrogens (tertiary/aromatic N) is 2. The monoisotopic (exact) mass is 343 g/mol. The van der Waals surface area contributed by atoms with Gasteiger partial charge in [0.2, 0.25) is 0 Å². The van der Waals surface area contributed by atoms with Crippen molar-refractivity contribution in [3.8, 4) is 0 Å². The van der Waals surface area contributed by atoms with Crippen LogP contribution in [0.5, 0.6) is 0 Å². The molecule has 62 valence electrons. The molecule has 0 aromatic carbocycles. The summed E-state index contributed by atoms with van der Waals surface area (Å²) in [6.45, 7) is 6.17. The second kappa shape index (κ2) is 5.83. The van der Waals surface area contributed by atoms with Crippen molar-refractivity contribution in [3.63, 3.8) is 0 Å². The number of hydrogen-bond acceptors (Lipinski definition) is 3. The summed E-state index contributed by atoms with van der Waals surface area (Å²) in [5, 5.41) is 5.78. The molecular weight excluding hydrogens is 330 g/mol. The van der Waals surface area contributed by atoms with E-state index in [2.05, 4.69) is 34.6 Å². The Kier molecular flexibility index (Phi) is 6.50. The van der Waals surface area contributed by atoms with Crippen molar-refractivity contribution in [3.05, 3.63) is 0 Å². The molecule has 11 heavy (non-hydrogen) atoms. The molecular formula is C6H13IN3Y. The molecule has 0 spiro atoms. The summed E-state index contributed by atoms with van der Waals surface area (Å²) in [6, 6.07) is 0.285. The third-order valence-electron chi connectivity index (χ3n) is 1.17.